The molecule has 20 heavy (non-hydrogen) atoms. The Balaban J connectivity index is 3.13. The standard InChI is InChI=1S/C15H27NO2Si2/c1-19(2,3)16(20(4,5)6)14(15(17)18)12-13-10-8-7-9-11-13/h7-11,14H,12H2,1-6H3,(H,17,18)/t14-/m1/s1. The molecule has 0 aliphatic rings. The van der Waals surface area contributed by atoms with Crippen LogP contribution in [0.15, 0.2) is 30.3 Å². The van der Waals surface area contributed by atoms with Crippen LogP contribution in [0.25, 0.3) is 0 Å². The highest BCUT2D eigenvalue weighted by molar-refractivity contribution is 6.89. The first-order chi connectivity index (χ1) is 9.03. The molecule has 0 bridgehead atoms. The minimum Gasteiger partial charge on any atom is -0.480 e. The van der Waals surface area contributed by atoms with E-state index >= 15 is 0 Å². The molecule has 0 saturated heterocycles. The lowest BCUT2D eigenvalue weighted by Gasteiger charge is -2.47. The minimum absolute atomic E-state index is 0.407. The predicted molar refractivity (Wildman–Crippen MR) is 90.1 cm³/mol. The number of nitrogens with zero attached hydrogens (tertiary/aromatic N) is 1. The largest absolute Gasteiger partial charge is 0.480 e. The number of rotatable bonds is 6. The Morgan fingerprint density at radius 3 is 1.85 bits per heavy atom. The van der Waals surface area contributed by atoms with Crippen LogP contribution >= 0.6 is 0 Å². The van der Waals surface area contributed by atoms with Crippen LogP contribution in [0.3, 0.4) is 0 Å². The van der Waals surface area contributed by atoms with E-state index in [0.717, 1.165) is 5.56 Å². The van der Waals surface area contributed by atoms with Gasteiger partial charge in [0.05, 0.1) is 0 Å². The van der Waals surface area contributed by atoms with Crippen molar-refractivity contribution in [2.24, 2.45) is 0 Å². The Labute approximate surface area is 124 Å². The Bertz CT molecular complexity index is 435. The molecule has 1 atom stereocenters. The quantitative estimate of drug-likeness (QED) is 0.815. The number of benzene rings is 1. The summed E-state index contributed by atoms with van der Waals surface area (Å²) >= 11 is 0. The van der Waals surface area contributed by atoms with E-state index < -0.39 is 28.5 Å². The van der Waals surface area contributed by atoms with Crippen molar-refractivity contribution in [1.29, 1.82) is 0 Å². The zero-order valence-electron chi connectivity index (χ0n) is 13.5. The Kier molecular flexibility index (Phi) is 5.35. The van der Waals surface area contributed by atoms with Crippen LogP contribution in [-0.4, -0.2) is 37.8 Å². The number of aliphatic carboxylic acids is 1. The fourth-order valence-electron chi connectivity index (χ4n) is 3.07. The highest BCUT2D eigenvalue weighted by atomic mass is 28.4. The van der Waals surface area contributed by atoms with Gasteiger partial charge in [0.25, 0.3) is 0 Å². The van der Waals surface area contributed by atoms with Gasteiger partial charge in [-0.1, -0.05) is 69.6 Å². The third-order valence-corrected chi connectivity index (χ3v) is 10.9. The van der Waals surface area contributed by atoms with Gasteiger partial charge in [0.15, 0.2) is 0 Å². The fraction of sp³-hybridized carbons (Fsp3) is 0.533. The zero-order chi connectivity index (χ0) is 15.6. The van der Waals surface area contributed by atoms with Gasteiger partial charge >= 0.3 is 5.97 Å². The van der Waals surface area contributed by atoms with Crippen LogP contribution in [0.2, 0.25) is 39.3 Å². The van der Waals surface area contributed by atoms with Crippen LogP contribution in [0.5, 0.6) is 0 Å². The molecule has 0 saturated carbocycles. The van der Waals surface area contributed by atoms with E-state index in [1.165, 1.54) is 0 Å². The van der Waals surface area contributed by atoms with Crippen molar-refractivity contribution in [2.45, 2.75) is 51.7 Å². The molecule has 0 aromatic heterocycles. The highest BCUT2D eigenvalue weighted by Crippen LogP contribution is 2.25. The van der Waals surface area contributed by atoms with Gasteiger partial charge in [0.2, 0.25) is 0 Å². The van der Waals surface area contributed by atoms with Gasteiger partial charge in [-0.15, -0.1) is 0 Å². The molecule has 1 N–H and O–H groups in total. The molecule has 0 aliphatic carbocycles. The molecule has 0 aliphatic heterocycles. The van der Waals surface area contributed by atoms with E-state index in [4.69, 9.17) is 0 Å². The molecule has 0 radical (unpaired) electrons. The molecule has 0 fully saturated rings. The smallest absolute Gasteiger partial charge is 0.319 e. The second-order valence-corrected chi connectivity index (χ2v) is 17.3. The molecule has 112 valence electrons. The molecule has 3 nitrogen and oxygen atoms in total. The maximum atomic E-state index is 11.8. The summed E-state index contributed by atoms with van der Waals surface area (Å²) in [6.45, 7) is 13.5. The Morgan fingerprint density at radius 2 is 1.50 bits per heavy atom. The molecule has 1 aromatic rings. The lowest BCUT2D eigenvalue weighted by atomic mass is 10.1. The third-order valence-electron chi connectivity index (χ3n) is 3.31. The lowest BCUT2D eigenvalue weighted by Crippen LogP contribution is -2.65. The van der Waals surface area contributed by atoms with E-state index in [1.54, 1.807) is 0 Å². The fourth-order valence-corrected chi connectivity index (χ4v) is 13.4. The van der Waals surface area contributed by atoms with Crippen molar-refractivity contribution in [3.8, 4) is 0 Å². The lowest BCUT2D eigenvalue weighted by molar-refractivity contribution is -0.140. The molecule has 0 unspecified atom stereocenters. The average Bonchev–Trinajstić information content (AvgIpc) is 2.25. The highest BCUT2D eigenvalue weighted by Gasteiger charge is 2.42. The predicted octanol–water partition coefficient (Wildman–Crippen LogP) is 3.65. The second-order valence-electron chi connectivity index (χ2n) is 7.26. The Hall–Kier alpha value is -0.916. The van der Waals surface area contributed by atoms with Gasteiger partial charge < -0.3 is 9.34 Å². The summed E-state index contributed by atoms with van der Waals surface area (Å²) in [5.74, 6) is -0.696. The first-order valence-electron chi connectivity index (χ1n) is 7.09. The topological polar surface area (TPSA) is 40.5 Å². The Morgan fingerprint density at radius 1 is 1.05 bits per heavy atom. The summed E-state index contributed by atoms with van der Waals surface area (Å²) in [6.07, 6.45) is 0.588. The van der Waals surface area contributed by atoms with Crippen molar-refractivity contribution in [1.82, 2.24) is 4.23 Å². The number of hydrogen-bond donors (Lipinski definition) is 1. The van der Waals surface area contributed by atoms with Gasteiger partial charge in [-0.3, -0.25) is 4.79 Å². The van der Waals surface area contributed by atoms with Crippen LogP contribution in [-0.2, 0) is 11.2 Å². The molecule has 1 rings (SSSR count). The monoisotopic (exact) mass is 309 g/mol. The van der Waals surface area contributed by atoms with Crippen molar-refractivity contribution >= 4 is 22.4 Å². The summed E-state index contributed by atoms with van der Waals surface area (Å²) in [6, 6.07) is 9.54. The molecular weight excluding hydrogens is 282 g/mol. The first-order valence-corrected chi connectivity index (χ1v) is 14.0. The third kappa shape index (κ3) is 4.57. The molecule has 1 aromatic carbocycles. The summed E-state index contributed by atoms with van der Waals surface area (Å²) in [5.41, 5.74) is 1.10. The molecule has 0 spiro atoms. The van der Waals surface area contributed by atoms with Gasteiger partial charge in [0.1, 0.15) is 22.5 Å². The number of carboxylic acid groups (broad SMARTS) is 1. The van der Waals surface area contributed by atoms with Crippen molar-refractivity contribution in [3.05, 3.63) is 35.9 Å². The van der Waals surface area contributed by atoms with Gasteiger partial charge in [-0.05, 0) is 12.0 Å². The second kappa shape index (κ2) is 6.24. The maximum Gasteiger partial charge on any atom is 0.319 e. The zero-order valence-corrected chi connectivity index (χ0v) is 15.5. The number of hydrogen-bond acceptors (Lipinski definition) is 2. The van der Waals surface area contributed by atoms with E-state index in [-0.39, 0.29) is 0 Å². The van der Waals surface area contributed by atoms with Gasteiger partial charge in [-0.25, -0.2) is 0 Å². The van der Waals surface area contributed by atoms with E-state index in [1.807, 2.05) is 30.3 Å². The van der Waals surface area contributed by atoms with Crippen molar-refractivity contribution in [2.75, 3.05) is 0 Å². The van der Waals surface area contributed by atoms with Crippen molar-refractivity contribution < 1.29 is 9.90 Å². The molecule has 5 heteroatoms. The van der Waals surface area contributed by atoms with Gasteiger partial charge in [-0.2, -0.15) is 0 Å². The van der Waals surface area contributed by atoms with Crippen LogP contribution < -0.4 is 0 Å². The molecule has 0 amide bonds. The summed E-state index contributed by atoms with van der Waals surface area (Å²) in [5, 5.41) is 9.73. The summed E-state index contributed by atoms with van der Waals surface area (Å²) in [4.78, 5) is 11.8. The van der Waals surface area contributed by atoms with Gasteiger partial charge in [0, 0.05) is 0 Å². The van der Waals surface area contributed by atoms with E-state index in [2.05, 4.69) is 43.5 Å². The maximum absolute atomic E-state index is 11.8. The SMILES string of the molecule is C[Si](C)(C)N([C@H](Cc1ccccc1)C(=O)O)[Si](C)(C)C. The summed E-state index contributed by atoms with van der Waals surface area (Å²) < 4.78 is 2.37. The molecular formula is C15H27NO2Si2. The van der Waals surface area contributed by atoms with Crippen LogP contribution in [0, 0.1) is 0 Å². The average molecular weight is 310 g/mol. The van der Waals surface area contributed by atoms with Crippen LogP contribution in [0.1, 0.15) is 5.56 Å². The van der Waals surface area contributed by atoms with E-state index in [0.29, 0.717) is 6.42 Å². The minimum atomic E-state index is -1.69. The normalized spacial score (nSPS) is 14.3. The molecule has 0 heterocycles. The first kappa shape index (κ1) is 17.1. The number of carbonyl (C=O) groups is 1. The van der Waals surface area contributed by atoms with E-state index in [9.17, 15) is 9.90 Å². The number of carboxylic acids is 1. The summed E-state index contributed by atoms with van der Waals surface area (Å²) in [7, 11) is -3.38. The van der Waals surface area contributed by atoms with Crippen molar-refractivity contribution in [3.63, 3.8) is 0 Å². The van der Waals surface area contributed by atoms with Crippen LogP contribution in [0.4, 0.5) is 0 Å².